The Kier molecular flexibility index (Phi) is 5.98. The van der Waals surface area contributed by atoms with Crippen LogP contribution >= 0.6 is 23.2 Å². The molecule has 0 saturated carbocycles. The van der Waals surface area contributed by atoms with Crippen LogP contribution in [0.1, 0.15) is 0 Å². The van der Waals surface area contributed by atoms with Gasteiger partial charge in [-0.15, -0.1) is 0 Å². The summed E-state index contributed by atoms with van der Waals surface area (Å²) < 4.78 is 36.9. The quantitative estimate of drug-likeness (QED) is 0.798. The lowest BCUT2D eigenvalue weighted by Gasteiger charge is -2.11. The number of hydrogen-bond donors (Lipinski definition) is 1. The number of rotatable bonds is 7. The first-order valence-electron chi connectivity index (χ1n) is 6.62. The van der Waals surface area contributed by atoms with Crippen LogP contribution in [0.5, 0.6) is 11.5 Å². The highest BCUT2D eigenvalue weighted by Crippen LogP contribution is 2.30. The average Bonchev–Trinajstić information content (AvgIpc) is 2.52. The van der Waals surface area contributed by atoms with Gasteiger partial charge in [0.2, 0.25) is 10.0 Å². The van der Waals surface area contributed by atoms with E-state index in [1.54, 1.807) is 43.5 Å². The standard InChI is InChI=1S/C15H15Cl2NO4S/c1-21-11-5-7-12(8-6-11)22-9-10-23(19,20)18-14-4-2-3-13(16)15(14)17/h2-8,18H,9-10H2,1H3. The molecule has 1 N–H and O–H groups in total. The van der Waals surface area contributed by atoms with E-state index in [1.165, 1.54) is 6.07 Å². The molecule has 0 unspecified atom stereocenters. The number of anilines is 1. The molecule has 23 heavy (non-hydrogen) atoms. The molecule has 0 aromatic heterocycles. The van der Waals surface area contributed by atoms with Crippen molar-refractivity contribution < 1.29 is 17.9 Å². The SMILES string of the molecule is COc1ccc(OCCS(=O)(=O)Nc2cccc(Cl)c2Cl)cc1. The summed E-state index contributed by atoms with van der Waals surface area (Å²) in [6.45, 7) is -0.000152. The molecule has 0 aliphatic heterocycles. The van der Waals surface area contributed by atoms with Crippen molar-refractivity contribution in [3.63, 3.8) is 0 Å². The Morgan fingerprint density at radius 1 is 1.04 bits per heavy atom. The second-order valence-corrected chi connectivity index (χ2v) is 7.17. The highest BCUT2D eigenvalue weighted by molar-refractivity contribution is 7.92. The van der Waals surface area contributed by atoms with Crippen LogP contribution in [0.4, 0.5) is 5.69 Å². The molecule has 124 valence electrons. The third-order valence-corrected chi connectivity index (χ3v) is 4.95. The van der Waals surface area contributed by atoms with Gasteiger partial charge in [0, 0.05) is 0 Å². The summed E-state index contributed by atoms with van der Waals surface area (Å²) in [4.78, 5) is 0. The molecule has 2 rings (SSSR count). The molecular formula is C15H15Cl2NO4S. The summed E-state index contributed by atoms with van der Waals surface area (Å²) in [7, 11) is -2.04. The van der Waals surface area contributed by atoms with Gasteiger partial charge in [0.1, 0.15) is 23.9 Å². The first kappa shape index (κ1) is 17.7. The largest absolute Gasteiger partial charge is 0.497 e. The van der Waals surface area contributed by atoms with Crippen molar-refractivity contribution in [1.29, 1.82) is 0 Å². The van der Waals surface area contributed by atoms with E-state index in [-0.39, 0.29) is 28.1 Å². The Balaban J connectivity index is 1.92. The minimum Gasteiger partial charge on any atom is -0.497 e. The molecule has 8 heteroatoms. The monoisotopic (exact) mass is 375 g/mol. The number of methoxy groups -OCH3 is 1. The molecule has 0 amide bonds. The van der Waals surface area contributed by atoms with Crippen molar-refractivity contribution in [3.05, 3.63) is 52.5 Å². The van der Waals surface area contributed by atoms with Gasteiger partial charge in [0.05, 0.1) is 22.8 Å². The smallest absolute Gasteiger partial charge is 0.236 e. The zero-order valence-corrected chi connectivity index (χ0v) is 14.6. The summed E-state index contributed by atoms with van der Waals surface area (Å²) in [5.41, 5.74) is 0.239. The van der Waals surface area contributed by atoms with Crippen LogP contribution in [0.3, 0.4) is 0 Å². The molecule has 0 spiro atoms. The van der Waals surface area contributed by atoms with E-state index in [0.29, 0.717) is 11.5 Å². The maximum Gasteiger partial charge on any atom is 0.236 e. The molecule has 0 saturated heterocycles. The van der Waals surface area contributed by atoms with Gasteiger partial charge in [-0.05, 0) is 36.4 Å². The van der Waals surface area contributed by atoms with Gasteiger partial charge in [-0.1, -0.05) is 29.3 Å². The van der Waals surface area contributed by atoms with Gasteiger partial charge in [-0.2, -0.15) is 0 Å². The maximum atomic E-state index is 12.0. The van der Waals surface area contributed by atoms with Crippen LogP contribution in [0.2, 0.25) is 10.0 Å². The summed E-state index contributed by atoms with van der Waals surface area (Å²) >= 11 is 11.8. The predicted octanol–water partition coefficient (Wildman–Crippen LogP) is 3.82. The van der Waals surface area contributed by atoms with E-state index in [9.17, 15) is 8.42 Å². The number of halogens is 2. The van der Waals surface area contributed by atoms with Crippen LogP contribution in [0.25, 0.3) is 0 Å². The van der Waals surface area contributed by atoms with Crippen molar-refractivity contribution in [1.82, 2.24) is 0 Å². The molecule has 0 atom stereocenters. The first-order valence-corrected chi connectivity index (χ1v) is 9.03. The van der Waals surface area contributed by atoms with Gasteiger partial charge in [-0.25, -0.2) is 8.42 Å². The van der Waals surface area contributed by atoms with Gasteiger partial charge in [0.15, 0.2) is 0 Å². The zero-order valence-electron chi connectivity index (χ0n) is 12.3. The predicted molar refractivity (Wildman–Crippen MR) is 92.4 cm³/mol. The summed E-state index contributed by atoms with van der Waals surface area (Å²) in [6, 6.07) is 11.6. The Hall–Kier alpha value is -1.63. The second kappa shape index (κ2) is 7.77. The normalized spacial score (nSPS) is 11.1. The molecule has 0 bridgehead atoms. The second-order valence-electron chi connectivity index (χ2n) is 4.55. The van der Waals surface area contributed by atoms with E-state index in [2.05, 4.69) is 4.72 Å². The number of sulfonamides is 1. The van der Waals surface area contributed by atoms with Gasteiger partial charge in [0.25, 0.3) is 0 Å². The third-order valence-electron chi connectivity index (χ3n) is 2.90. The molecule has 2 aromatic carbocycles. The van der Waals surface area contributed by atoms with Crippen molar-refractivity contribution in [2.24, 2.45) is 0 Å². The van der Waals surface area contributed by atoms with Crippen LogP contribution in [-0.4, -0.2) is 27.9 Å². The van der Waals surface area contributed by atoms with Gasteiger partial charge < -0.3 is 9.47 Å². The minimum atomic E-state index is -3.60. The lowest BCUT2D eigenvalue weighted by atomic mass is 10.3. The molecule has 5 nitrogen and oxygen atoms in total. The van der Waals surface area contributed by atoms with E-state index in [4.69, 9.17) is 32.7 Å². The molecule has 0 aliphatic rings. The molecule has 0 heterocycles. The van der Waals surface area contributed by atoms with Crippen molar-refractivity contribution in [2.75, 3.05) is 24.2 Å². The van der Waals surface area contributed by atoms with Crippen LogP contribution in [0.15, 0.2) is 42.5 Å². The first-order chi connectivity index (χ1) is 10.9. The van der Waals surface area contributed by atoms with Crippen molar-refractivity contribution >= 4 is 38.9 Å². The average molecular weight is 376 g/mol. The molecule has 2 aromatic rings. The number of ether oxygens (including phenoxy) is 2. The fraction of sp³-hybridized carbons (Fsp3) is 0.200. The number of hydrogen-bond acceptors (Lipinski definition) is 4. The van der Waals surface area contributed by atoms with E-state index in [1.807, 2.05) is 0 Å². The molecular weight excluding hydrogens is 361 g/mol. The summed E-state index contributed by atoms with van der Waals surface area (Å²) in [6.07, 6.45) is 0. The number of nitrogens with one attached hydrogen (secondary N) is 1. The Morgan fingerprint density at radius 3 is 2.35 bits per heavy atom. The van der Waals surface area contributed by atoms with Gasteiger partial charge >= 0.3 is 0 Å². The molecule has 0 fully saturated rings. The van der Waals surface area contributed by atoms with E-state index in [0.717, 1.165) is 0 Å². The summed E-state index contributed by atoms with van der Waals surface area (Å²) in [5, 5.41) is 0.440. The van der Waals surface area contributed by atoms with Crippen molar-refractivity contribution in [2.45, 2.75) is 0 Å². The maximum absolute atomic E-state index is 12.0. The highest BCUT2D eigenvalue weighted by Gasteiger charge is 2.14. The van der Waals surface area contributed by atoms with Crippen molar-refractivity contribution in [3.8, 4) is 11.5 Å². The fourth-order valence-corrected chi connectivity index (χ4v) is 3.06. The lowest BCUT2D eigenvalue weighted by Crippen LogP contribution is -2.21. The Bertz CT molecular complexity index is 764. The van der Waals surface area contributed by atoms with Gasteiger partial charge in [-0.3, -0.25) is 4.72 Å². The Labute approximate surface area is 145 Å². The highest BCUT2D eigenvalue weighted by atomic mass is 35.5. The van der Waals surface area contributed by atoms with Crippen LogP contribution in [0, 0.1) is 0 Å². The number of benzene rings is 2. The summed E-state index contributed by atoms with van der Waals surface area (Å²) in [5.74, 6) is 1.03. The minimum absolute atomic E-state index is 0.000152. The lowest BCUT2D eigenvalue weighted by molar-refractivity contribution is 0.340. The van der Waals surface area contributed by atoms with Crippen LogP contribution in [-0.2, 0) is 10.0 Å². The molecule has 0 aliphatic carbocycles. The molecule has 0 radical (unpaired) electrons. The van der Waals surface area contributed by atoms with E-state index < -0.39 is 10.0 Å². The Morgan fingerprint density at radius 2 is 1.70 bits per heavy atom. The van der Waals surface area contributed by atoms with Crippen LogP contribution < -0.4 is 14.2 Å². The fourth-order valence-electron chi connectivity index (χ4n) is 1.74. The van der Waals surface area contributed by atoms with E-state index >= 15 is 0 Å². The third kappa shape index (κ3) is 5.20. The zero-order chi connectivity index (χ0) is 16.9. The topological polar surface area (TPSA) is 64.6 Å².